The molecule has 1 aromatic carbocycles. The van der Waals surface area contributed by atoms with Crippen molar-refractivity contribution in [1.29, 1.82) is 0 Å². The largest absolute Gasteiger partial charge is 0.351 e. The average molecular weight is 403 g/mol. The van der Waals surface area contributed by atoms with Gasteiger partial charge < -0.3 is 15.5 Å². The predicted molar refractivity (Wildman–Crippen MR) is 110 cm³/mol. The molecule has 1 fully saturated rings. The normalized spacial score (nSPS) is 15.7. The molecule has 0 aliphatic carbocycles. The lowest BCUT2D eigenvalue weighted by Crippen LogP contribution is -2.53. The molecule has 2 N–H and O–H groups in total. The van der Waals surface area contributed by atoms with Crippen LogP contribution in [-0.2, 0) is 9.59 Å². The zero-order valence-corrected chi connectivity index (χ0v) is 17.1. The van der Waals surface area contributed by atoms with Gasteiger partial charge in [-0.1, -0.05) is 19.9 Å². The molecular weight excluding hydrogens is 373 g/mol. The van der Waals surface area contributed by atoms with Crippen LogP contribution in [0.3, 0.4) is 0 Å². The van der Waals surface area contributed by atoms with Crippen molar-refractivity contribution in [2.45, 2.75) is 39.2 Å². The van der Waals surface area contributed by atoms with E-state index >= 15 is 0 Å². The molecule has 7 heteroatoms. The second-order valence-electron chi connectivity index (χ2n) is 7.81. The Bertz CT molecular complexity index is 725. The Balaban J connectivity index is 2.05. The Morgan fingerprint density at radius 1 is 1.21 bits per heavy atom. The molecule has 0 bridgehead atoms. The molecule has 6 nitrogen and oxygen atoms in total. The van der Waals surface area contributed by atoms with Crippen molar-refractivity contribution in [3.05, 3.63) is 48.3 Å². The first-order valence-electron chi connectivity index (χ1n) is 10.0. The van der Waals surface area contributed by atoms with Crippen molar-refractivity contribution < 1.29 is 18.8 Å². The highest BCUT2D eigenvalue weighted by atomic mass is 19.1. The molecule has 29 heavy (non-hydrogen) atoms. The van der Waals surface area contributed by atoms with E-state index in [1.54, 1.807) is 6.08 Å². The molecule has 3 amide bonds. The number of carbonyl (C=O) groups excluding carboxylic acids is 3. The van der Waals surface area contributed by atoms with Crippen LogP contribution in [0, 0.1) is 17.7 Å². The number of carbonyl (C=O) groups is 3. The zero-order valence-electron chi connectivity index (χ0n) is 17.1. The SMILES string of the molecule is C=CCNC(=O)[C@@H](NC(=O)c1ccc(F)cc1)C1CCN(C(=O)CC(C)C)CC1. The van der Waals surface area contributed by atoms with Crippen LogP contribution in [0.1, 0.15) is 43.5 Å². The average Bonchev–Trinajstić information content (AvgIpc) is 2.70. The lowest BCUT2D eigenvalue weighted by molar-refractivity contribution is -0.133. The highest BCUT2D eigenvalue weighted by molar-refractivity contribution is 5.97. The van der Waals surface area contributed by atoms with E-state index in [0.717, 1.165) is 0 Å². The van der Waals surface area contributed by atoms with Crippen LogP contribution in [-0.4, -0.2) is 48.3 Å². The highest BCUT2D eigenvalue weighted by Gasteiger charge is 2.33. The van der Waals surface area contributed by atoms with Gasteiger partial charge in [0, 0.05) is 31.6 Å². The number of piperidine rings is 1. The summed E-state index contributed by atoms with van der Waals surface area (Å²) in [5.74, 6) is -0.809. The lowest BCUT2D eigenvalue weighted by atomic mass is 9.88. The molecule has 1 aromatic rings. The van der Waals surface area contributed by atoms with Crippen molar-refractivity contribution in [1.82, 2.24) is 15.5 Å². The summed E-state index contributed by atoms with van der Waals surface area (Å²) in [6.45, 7) is 9.04. The quantitative estimate of drug-likeness (QED) is 0.655. The summed E-state index contributed by atoms with van der Waals surface area (Å²) in [5.41, 5.74) is 0.289. The molecule has 0 unspecified atom stereocenters. The van der Waals surface area contributed by atoms with E-state index in [0.29, 0.717) is 44.8 Å². The van der Waals surface area contributed by atoms with Gasteiger partial charge in [0.2, 0.25) is 11.8 Å². The van der Waals surface area contributed by atoms with Crippen molar-refractivity contribution in [3.63, 3.8) is 0 Å². The van der Waals surface area contributed by atoms with Crippen LogP contribution < -0.4 is 10.6 Å². The predicted octanol–water partition coefficient (Wildman–Crippen LogP) is 2.51. The first kappa shape index (κ1) is 22.6. The van der Waals surface area contributed by atoms with Gasteiger partial charge in [-0.05, 0) is 48.9 Å². The number of hydrogen-bond donors (Lipinski definition) is 2. The third-order valence-corrected chi connectivity index (χ3v) is 5.04. The number of nitrogens with zero attached hydrogens (tertiary/aromatic N) is 1. The third kappa shape index (κ3) is 6.69. The summed E-state index contributed by atoms with van der Waals surface area (Å²) in [6.07, 6.45) is 3.33. The van der Waals surface area contributed by atoms with Crippen molar-refractivity contribution in [2.75, 3.05) is 19.6 Å². The van der Waals surface area contributed by atoms with Crippen molar-refractivity contribution in [3.8, 4) is 0 Å². The van der Waals surface area contributed by atoms with E-state index in [2.05, 4.69) is 17.2 Å². The Kier molecular flexibility index (Phi) is 8.36. The molecule has 2 rings (SSSR count). The van der Waals surface area contributed by atoms with E-state index in [1.165, 1.54) is 24.3 Å². The van der Waals surface area contributed by atoms with Gasteiger partial charge in [-0.25, -0.2) is 4.39 Å². The number of likely N-dealkylation sites (tertiary alicyclic amines) is 1. The minimum absolute atomic E-state index is 0.0905. The summed E-state index contributed by atoms with van der Waals surface area (Å²) >= 11 is 0. The van der Waals surface area contributed by atoms with E-state index in [-0.39, 0.29) is 23.3 Å². The van der Waals surface area contributed by atoms with Gasteiger partial charge >= 0.3 is 0 Å². The van der Waals surface area contributed by atoms with E-state index in [9.17, 15) is 18.8 Å². The molecular formula is C22H30FN3O3. The fourth-order valence-corrected chi connectivity index (χ4v) is 3.47. The Hall–Kier alpha value is -2.70. The molecule has 0 saturated carbocycles. The Morgan fingerprint density at radius 3 is 2.38 bits per heavy atom. The first-order valence-corrected chi connectivity index (χ1v) is 10.0. The fraction of sp³-hybridized carbons (Fsp3) is 0.500. The summed E-state index contributed by atoms with van der Waals surface area (Å²) in [6, 6.07) is 4.46. The van der Waals surface area contributed by atoms with Crippen molar-refractivity contribution in [2.24, 2.45) is 11.8 Å². The van der Waals surface area contributed by atoms with Crippen LogP contribution in [0.2, 0.25) is 0 Å². The van der Waals surface area contributed by atoms with E-state index < -0.39 is 17.8 Å². The second kappa shape index (κ2) is 10.7. The number of benzene rings is 1. The summed E-state index contributed by atoms with van der Waals surface area (Å²) in [4.78, 5) is 39.4. The fourth-order valence-electron chi connectivity index (χ4n) is 3.47. The Labute approximate surface area is 171 Å². The van der Waals surface area contributed by atoms with Gasteiger partial charge in [-0.2, -0.15) is 0 Å². The van der Waals surface area contributed by atoms with Gasteiger partial charge in [0.25, 0.3) is 5.91 Å². The van der Waals surface area contributed by atoms with Gasteiger partial charge in [0.05, 0.1) is 0 Å². The van der Waals surface area contributed by atoms with Gasteiger partial charge in [-0.15, -0.1) is 6.58 Å². The maximum Gasteiger partial charge on any atom is 0.251 e. The molecule has 1 saturated heterocycles. The first-order chi connectivity index (χ1) is 13.8. The van der Waals surface area contributed by atoms with Gasteiger partial charge in [-0.3, -0.25) is 14.4 Å². The second-order valence-corrected chi connectivity index (χ2v) is 7.81. The molecule has 1 heterocycles. The van der Waals surface area contributed by atoms with Crippen LogP contribution in [0.5, 0.6) is 0 Å². The summed E-state index contributed by atoms with van der Waals surface area (Å²) < 4.78 is 13.1. The third-order valence-electron chi connectivity index (χ3n) is 5.04. The van der Waals surface area contributed by atoms with Crippen LogP contribution in [0.4, 0.5) is 4.39 Å². The number of halogens is 1. The number of nitrogens with one attached hydrogen (secondary N) is 2. The standard InChI is InChI=1S/C22H30FN3O3/c1-4-11-24-22(29)20(25-21(28)17-5-7-18(23)8-6-17)16-9-12-26(13-10-16)19(27)14-15(2)3/h4-8,15-16,20H,1,9-14H2,2-3H3,(H,24,29)(H,25,28)/t20-/m0/s1. The maximum atomic E-state index is 13.1. The van der Waals surface area contributed by atoms with Crippen LogP contribution >= 0.6 is 0 Å². The van der Waals surface area contributed by atoms with E-state index in [1.807, 2.05) is 18.7 Å². The molecule has 158 valence electrons. The van der Waals surface area contributed by atoms with Crippen LogP contribution in [0.25, 0.3) is 0 Å². The minimum atomic E-state index is -0.727. The summed E-state index contributed by atoms with van der Waals surface area (Å²) in [5, 5.41) is 5.54. The van der Waals surface area contributed by atoms with Gasteiger partial charge in [0.15, 0.2) is 0 Å². The minimum Gasteiger partial charge on any atom is -0.351 e. The molecule has 0 aromatic heterocycles. The van der Waals surface area contributed by atoms with E-state index in [4.69, 9.17) is 0 Å². The lowest BCUT2D eigenvalue weighted by Gasteiger charge is -2.36. The zero-order chi connectivity index (χ0) is 21.4. The molecule has 1 atom stereocenters. The van der Waals surface area contributed by atoms with Gasteiger partial charge in [0.1, 0.15) is 11.9 Å². The number of amides is 3. The molecule has 0 radical (unpaired) electrons. The summed E-state index contributed by atoms with van der Waals surface area (Å²) in [7, 11) is 0. The monoisotopic (exact) mass is 403 g/mol. The molecule has 1 aliphatic rings. The number of rotatable bonds is 8. The van der Waals surface area contributed by atoms with Crippen molar-refractivity contribution >= 4 is 17.7 Å². The molecule has 1 aliphatic heterocycles. The maximum absolute atomic E-state index is 13.1. The topological polar surface area (TPSA) is 78.5 Å². The highest BCUT2D eigenvalue weighted by Crippen LogP contribution is 2.23. The molecule has 0 spiro atoms. The Morgan fingerprint density at radius 2 is 1.83 bits per heavy atom. The van der Waals surface area contributed by atoms with Crippen LogP contribution in [0.15, 0.2) is 36.9 Å². The number of hydrogen-bond acceptors (Lipinski definition) is 3. The smallest absolute Gasteiger partial charge is 0.251 e.